The van der Waals surface area contributed by atoms with Crippen LogP contribution in [0.3, 0.4) is 0 Å². The quantitative estimate of drug-likeness (QED) is 0.931. The lowest BCUT2D eigenvalue weighted by atomic mass is 10.3. The largest absolute Gasteiger partial charge is 0.478 e. The molecule has 1 aromatic carbocycles. The molecule has 110 valence electrons. The smallest absolute Gasteiger partial charge is 0.337 e. The minimum atomic E-state index is -3.81. The van der Waals surface area contributed by atoms with Gasteiger partial charge in [0.05, 0.1) is 22.3 Å². The van der Waals surface area contributed by atoms with Crippen molar-refractivity contribution in [1.82, 2.24) is 4.98 Å². The van der Waals surface area contributed by atoms with E-state index in [1.807, 2.05) is 0 Å². The van der Waals surface area contributed by atoms with Crippen LogP contribution in [0.15, 0.2) is 47.6 Å². The fraction of sp³-hybridized carbons (Fsp3) is 0.0769. The van der Waals surface area contributed by atoms with Crippen molar-refractivity contribution in [1.29, 1.82) is 0 Å². The molecule has 0 aliphatic carbocycles. The number of aromatic carboxylic acids is 1. The van der Waals surface area contributed by atoms with Gasteiger partial charge in [0.15, 0.2) is 0 Å². The molecule has 0 aliphatic heterocycles. The highest BCUT2D eigenvalue weighted by molar-refractivity contribution is 7.92. The number of hydrogen-bond acceptors (Lipinski definition) is 4. The standard InChI is InChI=1S/C13H11ClN2O4S/c1-16(11-6-9(13(17)18)7-15-8-11)21(19,20)12-4-2-10(14)3-5-12/h2-8H,1H3,(H,17,18). The minimum absolute atomic E-state index is 0.0510. The second-order valence-electron chi connectivity index (χ2n) is 4.16. The summed E-state index contributed by atoms with van der Waals surface area (Å²) in [6, 6.07) is 6.93. The van der Waals surface area contributed by atoms with Gasteiger partial charge in [-0.05, 0) is 30.3 Å². The maximum atomic E-state index is 12.4. The summed E-state index contributed by atoms with van der Waals surface area (Å²) in [6.07, 6.45) is 2.43. The van der Waals surface area contributed by atoms with E-state index in [2.05, 4.69) is 4.98 Å². The SMILES string of the molecule is CN(c1cncc(C(=O)O)c1)S(=O)(=O)c1ccc(Cl)cc1. The normalized spacial score (nSPS) is 11.1. The summed E-state index contributed by atoms with van der Waals surface area (Å²) in [5, 5.41) is 9.34. The monoisotopic (exact) mass is 326 g/mol. The Morgan fingerprint density at radius 1 is 1.24 bits per heavy atom. The molecule has 21 heavy (non-hydrogen) atoms. The molecule has 2 aromatic rings. The van der Waals surface area contributed by atoms with Crippen LogP contribution >= 0.6 is 11.6 Å². The Bertz CT molecular complexity index is 775. The Hall–Kier alpha value is -2.12. The number of anilines is 1. The van der Waals surface area contributed by atoms with Crippen LogP contribution in [0.5, 0.6) is 0 Å². The van der Waals surface area contributed by atoms with E-state index in [0.717, 1.165) is 10.5 Å². The molecule has 0 radical (unpaired) electrons. The summed E-state index contributed by atoms with van der Waals surface area (Å²) in [5.41, 5.74) is 0.0653. The van der Waals surface area contributed by atoms with Gasteiger partial charge in [0.25, 0.3) is 10.0 Å². The number of pyridine rings is 1. The van der Waals surface area contributed by atoms with Crippen LogP contribution < -0.4 is 4.31 Å². The highest BCUT2D eigenvalue weighted by Crippen LogP contribution is 2.23. The lowest BCUT2D eigenvalue weighted by Crippen LogP contribution is -2.26. The van der Waals surface area contributed by atoms with Crippen molar-refractivity contribution in [3.8, 4) is 0 Å². The lowest BCUT2D eigenvalue weighted by Gasteiger charge is -2.19. The highest BCUT2D eigenvalue weighted by Gasteiger charge is 2.22. The summed E-state index contributed by atoms with van der Waals surface area (Å²) in [6.45, 7) is 0. The summed E-state index contributed by atoms with van der Waals surface area (Å²) in [4.78, 5) is 14.7. The topological polar surface area (TPSA) is 87.6 Å². The van der Waals surface area contributed by atoms with Crippen LogP contribution in [-0.2, 0) is 10.0 Å². The zero-order chi connectivity index (χ0) is 15.6. The Morgan fingerprint density at radius 2 is 1.86 bits per heavy atom. The lowest BCUT2D eigenvalue weighted by molar-refractivity contribution is 0.0696. The van der Waals surface area contributed by atoms with E-state index < -0.39 is 16.0 Å². The number of nitrogens with zero attached hydrogens (tertiary/aromatic N) is 2. The van der Waals surface area contributed by atoms with Gasteiger partial charge in [-0.3, -0.25) is 9.29 Å². The van der Waals surface area contributed by atoms with Crippen molar-refractivity contribution in [3.63, 3.8) is 0 Å². The predicted octanol–water partition coefficient (Wildman–Crippen LogP) is 2.26. The summed E-state index contributed by atoms with van der Waals surface area (Å²) >= 11 is 5.73. The number of sulfonamides is 1. The van der Waals surface area contributed by atoms with E-state index in [1.54, 1.807) is 0 Å². The summed E-state index contributed by atoms with van der Waals surface area (Å²) in [7, 11) is -2.48. The van der Waals surface area contributed by atoms with Gasteiger partial charge in [0.2, 0.25) is 0 Å². The molecule has 1 aromatic heterocycles. The van der Waals surface area contributed by atoms with Gasteiger partial charge in [-0.15, -0.1) is 0 Å². The molecule has 0 atom stereocenters. The molecule has 0 saturated heterocycles. The maximum Gasteiger partial charge on any atom is 0.337 e. The zero-order valence-corrected chi connectivity index (χ0v) is 12.5. The molecule has 2 rings (SSSR count). The van der Waals surface area contributed by atoms with Gasteiger partial charge in [0.1, 0.15) is 0 Å². The maximum absolute atomic E-state index is 12.4. The van der Waals surface area contributed by atoms with Gasteiger partial charge in [-0.2, -0.15) is 0 Å². The number of carboxylic acid groups (broad SMARTS) is 1. The Morgan fingerprint density at radius 3 is 2.43 bits per heavy atom. The highest BCUT2D eigenvalue weighted by atomic mass is 35.5. The second-order valence-corrected chi connectivity index (χ2v) is 6.57. The van der Waals surface area contributed by atoms with Crippen molar-refractivity contribution in [2.24, 2.45) is 0 Å². The van der Waals surface area contributed by atoms with Gasteiger partial charge in [-0.25, -0.2) is 13.2 Å². The fourth-order valence-electron chi connectivity index (χ4n) is 1.62. The van der Waals surface area contributed by atoms with E-state index in [4.69, 9.17) is 16.7 Å². The average molecular weight is 327 g/mol. The molecule has 0 spiro atoms. The minimum Gasteiger partial charge on any atom is -0.478 e. The molecule has 0 amide bonds. The number of carbonyl (C=O) groups is 1. The molecule has 0 aliphatic rings. The molecule has 8 heteroatoms. The number of carboxylic acids is 1. The Kier molecular flexibility index (Phi) is 4.15. The number of hydrogen-bond donors (Lipinski definition) is 1. The van der Waals surface area contributed by atoms with Crippen molar-refractivity contribution in [2.75, 3.05) is 11.4 Å². The van der Waals surface area contributed by atoms with Gasteiger partial charge >= 0.3 is 5.97 Å². The predicted molar refractivity (Wildman–Crippen MR) is 78.2 cm³/mol. The van der Waals surface area contributed by atoms with Crippen LogP contribution in [0.25, 0.3) is 0 Å². The van der Waals surface area contributed by atoms with E-state index in [0.29, 0.717) is 5.02 Å². The van der Waals surface area contributed by atoms with E-state index in [-0.39, 0.29) is 16.1 Å². The molecular weight excluding hydrogens is 316 g/mol. The fourth-order valence-corrected chi connectivity index (χ4v) is 2.92. The molecule has 1 N–H and O–H groups in total. The van der Waals surface area contributed by atoms with Crippen LogP contribution in [0.4, 0.5) is 5.69 Å². The van der Waals surface area contributed by atoms with Crippen molar-refractivity contribution < 1.29 is 18.3 Å². The molecule has 0 bridgehead atoms. The first kappa shape index (κ1) is 15.3. The second kappa shape index (κ2) is 5.71. The van der Waals surface area contributed by atoms with Crippen molar-refractivity contribution >= 4 is 33.3 Å². The van der Waals surface area contributed by atoms with Gasteiger partial charge in [-0.1, -0.05) is 11.6 Å². The van der Waals surface area contributed by atoms with Crippen molar-refractivity contribution in [3.05, 3.63) is 53.3 Å². The number of halogens is 1. The van der Waals surface area contributed by atoms with E-state index in [9.17, 15) is 13.2 Å². The molecule has 6 nitrogen and oxygen atoms in total. The number of rotatable bonds is 4. The molecular formula is C13H11ClN2O4S. The third-order valence-corrected chi connectivity index (χ3v) is 4.86. The van der Waals surface area contributed by atoms with Crippen LogP contribution in [0.1, 0.15) is 10.4 Å². The van der Waals surface area contributed by atoms with Crippen LogP contribution in [-0.4, -0.2) is 31.5 Å². The van der Waals surface area contributed by atoms with Crippen molar-refractivity contribution in [2.45, 2.75) is 4.90 Å². The van der Waals surface area contributed by atoms with E-state index >= 15 is 0 Å². The third-order valence-electron chi connectivity index (χ3n) is 2.81. The molecule has 0 unspecified atom stereocenters. The molecule has 1 heterocycles. The molecule has 0 fully saturated rings. The Balaban J connectivity index is 2.43. The number of benzene rings is 1. The first-order valence-electron chi connectivity index (χ1n) is 5.75. The first-order valence-corrected chi connectivity index (χ1v) is 7.57. The summed E-state index contributed by atoms with van der Waals surface area (Å²) < 4.78 is 25.8. The number of aromatic nitrogens is 1. The summed E-state index contributed by atoms with van der Waals surface area (Å²) in [5.74, 6) is -1.18. The van der Waals surface area contributed by atoms with E-state index in [1.165, 1.54) is 43.6 Å². The van der Waals surface area contributed by atoms with Crippen LogP contribution in [0, 0.1) is 0 Å². The van der Waals surface area contributed by atoms with Crippen LogP contribution in [0.2, 0.25) is 5.02 Å². The van der Waals surface area contributed by atoms with Gasteiger partial charge in [0, 0.05) is 18.3 Å². The third kappa shape index (κ3) is 3.14. The zero-order valence-electron chi connectivity index (χ0n) is 10.9. The Labute approximate surface area is 126 Å². The average Bonchev–Trinajstić information content (AvgIpc) is 2.47. The first-order chi connectivity index (χ1) is 9.82. The molecule has 0 saturated carbocycles. The van der Waals surface area contributed by atoms with Gasteiger partial charge < -0.3 is 5.11 Å².